The first-order chi connectivity index (χ1) is 17.9. The number of anilines is 1. The molecular formula is C29H37N3O5. The van der Waals surface area contributed by atoms with Gasteiger partial charge >= 0.3 is 12.0 Å². The molecule has 1 spiro atoms. The SMILES string of the molecule is CCc1cc(OC)c(C2CC2)cc1CN1CCC2(CC1)CN(c1ccc(C(=O)OC)c(OC)c1)C(=O)N2. The van der Waals surface area contributed by atoms with E-state index >= 15 is 0 Å². The highest BCUT2D eigenvalue weighted by Crippen LogP contribution is 2.45. The van der Waals surface area contributed by atoms with E-state index in [2.05, 4.69) is 29.3 Å². The Bertz CT molecular complexity index is 1180. The van der Waals surface area contributed by atoms with Crippen molar-refractivity contribution >= 4 is 17.7 Å². The van der Waals surface area contributed by atoms with Crippen LogP contribution in [0.4, 0.5) is 10.5 Å². The molecular weight excluding hydrogens is 470 g/mol. The molecule has 0 radical (unpaired) electrons. The third kappa shape index (κ3) is 4.99. The van der Waals surface area contributed by atoms with Gasteiger partial charge in [-0.15, -0.1) is 0 Å². The number of hydrogen-bond donors (Lipinski definition) is 1. The lowest BCUT2D eigenvalue weighted by molar-refractivity contribution is 0.0597. The number of aryl methyl sites for hydroxylation is 1. The molecule has 2 aromatic rings. The van der Waals surface area contributed by atoms with Crippen molar-refractivity contribution in [2.45, 2.75) is 57.0 Å². The Balaban J connectivity index is 1.26. The Hall–Kier alpha value is -3.26. The van der Waals surface area contributed by atoms with Crippen molar-refractivity contribution < 1.29 is 23.8 Å². The van der Waals surface area contributed by atoms with E-state index in [4.69, 9.17) is 14.2 Å². The lowest BCUT2D eigenvalue weighted by Crippen LogP contribution is -2.52. The van der Waals surface area contributed by atoms with E-state index < -0.39 is 5.97 Å². The van der Waals surface area contributed by atoms with Crippen LogP contribution in [0.5, 0.6) is 11.5 Å². The number of esters is 1. The number of nitrogens with one attached hydrogen (secondary N) is 1. The van der Waals surface area contributed by atoms with E-state index in [9.17, 15) is 9.59 Å². The summed E-state index contributed by atoms with van der Waals surface area (Å²) in [6, 6.07) is 9.66. The van der Waals surface area contributed by atoms with E-state index in [1.807, 2.05) is 0 Å². The molecule has 2 aliphatic heterocycles. The maximum atomic E-state index is 13.0. The minimum absolute atomic E-state index is 0.112. The summed E-state index contributed by atoms with van der Waals surface area (Å²) in [7, 11) is 4.61. The average molecular weight is 508 g/mol. The minimum Gasteiger partial charge on any atom is -0.496 e. The Morgan fingerprint density at radius 3 is 2.38 bits per heavy atom. The summed E-state index contributed by atoms with van der Waals surface area (Å²) in [5.41, 5.74) is 4.90. The van der Waals surface area contributed by atoms with Gasteiger partial charge in [-0.25, -0.2) is 9.59 Å². The molecule has 1 aliphatic carbocycles. The molecule has 3 aliphatic rings. The number of amides is 2. The van der Waals surface area contributed by atoms with E-state index in [1.165, 1.54) is 43.8 Å². The van der Waals surface area contributed by atoms with E-state index in [0.29, 0.717) is 29.5 Å². The molecule has 0 bridgehead atoms. The Kier molecular flexibility index (Phi) is 7.03. The second-order valence-electron chi connectivity index (χ2n) is 10.4. The first kappa shape index (κ1) is 25.4. The zero-order valence-corrected chi connectivity index (χ0v) is 22.3. The number of carbonyl (C=O) groups excluding carboxylic acids is 2. The lowest BCUT2D eigenvalue weighted by Gasteiger charge is -2.39. The summed E-state index contributed by atoms with van der Waals surface area (Å²) in [4.78, 5) is 29.3. The minimum atomic E-state index is -0.467. The van der Waals surface area contributed by atoms with Gasteiger partial charge in [-0.1, -0.05) is 13.0 Å². The van der Waals surface area contributed by atoms with E-state index in [-0.39, 0.29) is 11.6 Å². The third-order valence-corrected chi connectivity index (χ3v) is 8.14. The van der Waals surface area contributed by atoms with Gasteiger partial charge in [0.2, 0.25) is 0 Å². The van der Waals surface area contributed by atoms with Crippen molar-refractivity contribution in [2.75, 3.05) is 45.9 Å². The van der Waals surface area contributed by atoms with Gasteiger partial charge in [0.25, 0.3) is 0 Å². The predicted octanol–water partition coefficient (Wildman–Crippen LogP) is 4.49. The molecule has 2 heterocycles. The molecule has 5 rings (SSSR count). The van der Waals surface area contributed by atoms with Gasteiger partial charge in [-0.3, -0.25) is 9.80 Å². The fourth-order valence-electron chi connectivity index (χ4n) is 5.76. The zero-order chi connectivity index (χ0) is 26.2. The Labute approximate surface area is 218 Å². The van der Waals surface area contributed by atoms with Crippen LogP contribution >= 0.6 is 0 Å². The van der Waals surface area contributed by atoms with Gasteiger partial charge in [0.05, 0.1) is 33.4 Å². The van der Waals surface area contributed by atoms with Gasteiger partial charge in [-0.2, -0.15) is 0 Å². The van der Waals surface area contributed by atoms with Crippen LogP contribution in [0.2, 0.25) is 0 Å². The molecule has 0 aromatic heterocycles. The lowest BCUT2D eigenvalue weighted by atomic mass is 9.87. The standard InChI is InChI=1S/C29H37N3O5/c1-5-19-15-25(35-2)24(20-6-7-20)14-21(19)17-31-12-10-29(11-13-31)18-32(28(34)30-29)22-8-9-23(27(33)37-4)26(16-22)36-3/h8-9,14-16,20H,5-7,10-13,17-18H2,1-4H3,(H,30,34). The number of likely N-dealkylation sites (tertiary alicyclic amines) is 1. The maximum absolute atomic E-state index is 13.0. The number of rotatable bonds is 8. The number of urea groups is 1. The third-order valence-electron chi connectivity index (χ3n) is 8.14. The van der Waals surface area contributed by atoms with Crippen LogP contribution in [-0.2, 0) is 17.7 Å². The van der Waals surface area contributed by atoms with Gasteiger partial charge in [-0.05, 0) is 72.9 Å². The van der Waals surface area contributed by atoms with Crippen LogP contribution in [0.3, 0.4) is 0 Å². The Morgan fingerprint density at radius 1 is 1.03 bits per heavy atom. The second kappa shape index (κ2) is 10.2. The normalized spacial score (nSPS) is 19.1. The van der Waals surface area contributed by atoms with Gasteiger partial charge in [0.1, 0.15) is 17.1 Å². The first-order valence-electron chi connectivity index (χ1n) is 13.2. The molecule has 8 nitrogen and oxygen atoms in total. The monoisotopic (exact) mass is 507 g/mol. The Morgan fingerprint density at radius 2 is 1.76 bits per heavy atom. The topological polar surface area (TPSA) is 80.3 Å². The van der Waals surface area contributed by atoms with Gasteiger partial charge in [0, 0.05) is 31.4 Å². The predicted molar refractivity (Wildman–Crippen MR) is 142 cm³/mol. The summed E-state index contributed by atoms with van der Waals surface area (Å²) < 4.78 is 15.9. The molecule has 2 amide bonds. The van der Waals surface area contributed by atoms with Crippen LogP contribution in [0.15, 0.2) is 30.3 Å². The molecule has 3 fully saturated rings. The van der Waals surface area contributed by atoms with Crippen molar-refractivity contribution in [1.82, 2.24) is 10.2 Å². The largest absolute Gasteiger partial charge is 0.496 e. The van der Waals surface area contributed by atoms with Crippen LogP contribution in [0.25, 0.3) is 0 Å². The molecule has 0 atom stereocenters. The van der Waals surface area contributed by atoms with Crippen molar-refractivity contribution in [2.24, 2.45) is 0 Å². The van der Waals surface area contributed by atoms with E-state index in [1.54, 1.807) is 30.2 Å². The number of carbonyl (C=O) groups is 2. The quantitative estimate of drug-likeness (QED) is 0.530. The summed E-state index contributed by atoms with van der Waals surface area (Å²) in [6.07, 6.45) is 5.26. The first-order valence-corrected chi connectivity index (χ1v) is 13.2. The summed E-state index contributed by atoms with van der Waals surface area (Å²) >= 11 is 0. The maximum Gasteiger partial charge on any atom is 0.341 e. The average Bonchev–Trinajstić information content (AvgIpc) is 3.72. The number of nitrogens with zero attached hydrogens (tertiary/aromatic N) is 2. The number of hydrogen-bond acceptors (Lipinski definition) is 6. The molecule has 0 unspecified atom stereocenters. The second-order valence-corrected chi connectivity index (χ2v) is 10.4. The number of piperidine rings is 1. The van der Waals surface area contributed by atoms with Gasteiger partial charge < -0.3 is 19.5 Å². The summed E-state index contributed by atoms with van der Waals surface area (Å²) in [5.74, 6) is 1.60. The summed E-state index contributed by atoms with van der Waals surface area (Å²) in [5, 5.41) is 3.27. The van der Waals surface area contributed by atoms with Gasteiger partial charge in [0.15, 0.2) is 0 Å². The summed E-state index contributed by atoms with van der Waals surface area (Å²) in [6.45, 7) is 5.57. The highest BCUT2D eigenvalue weighted by Gasteiger charge is 2.45. The van der Waals surface area contributed by atoms with E-state index in [0.717, 1.165) is 44.6 Å². The fraction of sp³-hybridized carbons (Fsp3) is 0.517. The highest BCUT2D eigenvalue weighted by atomic mass is 16.5. The van der Waals surface area contributed by atoms with Crippen LogP contribution < -0.4 is 19.7 Å². The number of methoxy groups -OCH3 is 3. The number of ether oxygens (including phenoxy) is 3. The van der Waals surface area contributed by atoms with Crippen molar-refractivity contribution in [3.8, 4) is 11.5 Å². The highest BCUT2D eigenvalue weighted by molar-refractivity contribution is 5.97. The smallest absolute Gasteiger partial charge is 0.341 e. The molecule has 2 saturated heterocycles. The van der Waals surface area contributed by atoms with Crippen LogP contribution in [0.1, 0.15) is 65.6 Å². The van der Waals surface area contributed by atoms with Crippen molar-refractivity contribution in [3.63, 3.8) is 0 Å². The molecule has 1 saturated carbocycles. The zero-order valence-electron chi connectivity index (χ0n) is 22.3. The molecule has 37 heavy (non-hydrogen) atoms. The van der Waals surface area contributed by atoms with Crippen LogP contribution in [-0.4, -0.2) is 63.4 Å². The van der Waals surface area contributed by atoms with Crippen molar-refractivity contribution in [3.05, 3.63) is 52.6 Å². The number of benzene rings is 2. The molecule has 1 N–H and O–H groups in total. The molecule has 8 heteroatoms. The fourth-order valence-corrected chi connectivity index (χ4v) is 5.76. The molecule has 2 aromatic carbocycles. The molecule has 198 valence electrons. The van der Waals surface area contributed by atoms with Crippen LogP contribution in [0, 0.1) is 0 Å². The van der Waals surface area contributed by atoms with Crippen molar-refractivity contribution in [1.29, 1.82) is 0 Å².